The number of hydrogen-bond donors (Lipinski definition) is 0. The van der Waals surface area contributed by atoms with Gasteiger partial charge in [0, 0.05) is 30.5 Å². The van der Waals surface area contributed by atoms with E-state index in [0.29, 0.717) is 24.5 Å². The Labute approximate surface area is 239 Å². The van der Waals surface area contributed by atoms with E-state index in [0.717, 1.165) is 17.5 Å². The van der Waals surface area contributed by atoms with Gasteiger partial charge in [0.05, 0.1) is 11.6 Å². The molecule has 0 aromatic heterocycles. The van der Waals surface area contributed by atoms with Crippen LogP contribution in [-0.2, 0) is 4.74 Å². The average molecular weight is 536 g/mol. The lowest BCUT2D eigenvalue weighted by atomic mass is 9.83. The fourth-order valence-electron chi connectivity index (χ4n) is 5.58. The van der Waals surface area contributed by atoms with Crippen molar-refractivity contribution in [2.75, 3.05) is 13.1 Å². The Hall–Kier alpha value is -3.91. The lowest BCUT2D eigenvalue weighted by molar-refractivity contribution is 0.0364. The van der Waals surface area contributed by atoms with Gasteiger partial charge in [-0.1, -0.05) is 55.8 Å². The summed E-state index contributed by atoms with van der Waals surface area (Å²) in [5.41, 5.74) is 9.65. The molecule has 1 heterocycles. The largest absolute Gasteiger partial charge is 0.443 e. The first-order chi connectivity index (χ1) is 18.9. The molecular weight excluding hydrogens is 494 g/mol. The van der Waals surface area contributed by atoms with Crippen molar-refractivity contribution in [2.24, 2.45) is 4.99 Å². The smallest absolute Gasteiger partial charge is 0.416 e. The molecular formula is C35H41N3O2. The summed E-state index contributed by atoms with van der Waals surface area (Å²) in [6, 6.07) is 21.5. The zero-order valence-electron chi connectivity index (χ0n) is 25.1. The van der Waals surface area contributed by atoms with Crippen LogP contribution in [0.2, 0.25) is 0 Å². The standard InChI is InChI=1S/C35H41N3O2/c1-22-16-29(25(4)31-12-10-27(21-36)18-23(31)2)20-30(17-22)26(5)32-13-11-28(19-24(32)3)33-37-14-9-15-38(33)34(39)40-35(6,7)8/h10-13,16-20,25-26H,9,14-15H2,1-8H3. The Morgan fingerprint density at radius 2 is 1.52 bits per heavy atom. The Balaban J connectivity index is 1.62. The maximum atomic E-state index is 12.9. The predicted octanol–water partition coefficient (Wildman–Crippen LogP) is 8.17. The highest BCUT2D eigenvalue weighted by Gasteiger charge is 2.28. The molecule has 1 aliphatic rings. The third-order valence-electron chi connectivity index (χ3n) is 7.65. The number of amides is 1. The van der Waals surface area contributed by atoms with E-state index in [9.17, 15) is 10.1 Å². The first kappa shape index (κ1) is 29.1. The van der Waals surface area contributed by atoms with Crippen molar-refractivity contribution >= 4 is 11.9 Å². The number of nitriles is 1. The summed E-state index contributed by atoms with van der Waals surface area (Å²) in [4.78, 5) is 19.3. The highest BCUT2D eigenvalue weighted by molar-refractivity contribution is 6.07. The maximum Gasteiger partial charge on any atom is 0.416 e. The number of aliphatic imine (C=N–C) groups is 1. The molecule has 5 nitrogen and oxygen atoms in total. The summed E-state index contributed by atoms with van der Waals surface area (Å²) in [5, 5.41) is 9.26. The van der Waals surface area contributed by atoms with Gasteiger partial charge in [-0.15, -0.1) is 0 Å². The molecule has 0 bridgehead atoms. The van der Waals surface area contributed by atoms with Crippen LogP contribution in [-0.4, -0.2) is 35.5 Å². The second-order valence-electron chi connectivity index (χ2n) is 12.1. The van der Waals surface area contributed by atoms with Crippen molar-refractivity contribution in [1.82, 2.24) is 4.90 Å². The molecule has 208 valence electrons. The van der Waals surface area contributed by atoms with Gasteiger partial charge < -0.3 is 4.74 Å². The lowest BCUT2D eigenvalue weighted by Gasteiger charge is -2.30. The van der Waals surface area contributed by atoms with E-state index in [1.165, 1.54) is 33.4 Å². The third kappa shape index (κ3) is 6.45. The summed E-state index contributed by atoms with van der Waals surface area (Å²) >= 11 is 0. The van der Waals surface area contributed by atoms with E-state index >= 15 is 0 Å². The monoisotopic (exact) mass is 535 g/mol. The van der Waals surface area contributed by atoms with E-state index in [2.05, 4.69) is 83.2 Å². The Morgan fingerprint density at radius 3 is 2.08 bits per heavy atom. The minimum absolute atomic E-state index is 0.192. The zero-order chi connectivity index (χ0) is 29.2. The number of benzene rings is 3. The highest BCUT2D eigenvalue weighted by atomic mass is 16.6. The van der Waals surface area contributed by atoms with Gasteiger partial charge in [0.15, 0.2) is 0 Å². The fraction of sp³-hybridized carbons (Fsp3) is 0.400. The molecule has 0 N–H and O–H groups in total. The van der Waals surface area contributed by atoms with Crippen LogP contribution in [0.25, 0.3) is 0 Å². The number of amidine groups is 1. The van der Waals surface area contributed by atoms with Gasteiger partial charge in [0.25, 0.3) is 0 Å². The van der Waals surface area contributed by atoms with E-state index in [1.54, 1.807) is 4.90 Å². The number of rotatable bonds is 5. The maximum absolute atomic E-state index is 12.9. The van der Waals surface area contributed by atoms with Gasteiger partial charge >= 0.3 is 6.09 Å². The number of carbonyl (C=O) groups is 1. The molecule has 1 aliphatic heterocycles. The molecule has 3 aromatic rings. The van der Waals surface area contributed by atoms with Gasteiger partial charge in [-0.3, -0.25) is 9.89 Å². The molecule has 0 radical (unpaired) electrons. The van der Waals surface area contributed by atoms with Crippen molar-refractivity contribution in [3.05, 3.63) is 105 Å². The zero-order valence-corrected chi connectivity index (χ0v) is 25.1. The summed E-state index contributed by atoms with van der Waals surface area (Å²) < 4.78 is 5.66. The summed E-state index contributed by atoms with van der Waals surface area (Å²) in [5.74, 6) is 1.09. The van der Waals surface area contributed by atoms with Crippen molar-refractivity contribution < 1.29 is 9.53 Å². The van der Waals surface area contributed by atoms with E-state index in [4.69, 9.17) is 9.73 Å². The molecule has 2 unspecified atom stereocenters. The Kier molecular flexibility index (Phi) is 8.49. The molecule has 4 rings (SSSR count). The Bertz CT molecular complexity index is 1490. The minimum atomic E-state index is -0.558. The van der Waals surface area contributed by atoms with Crippen LogP contribution in [0.5, 0.6) is 0 Å². The molecule has 40 heavy (non-hydrogen) atoms. The number of ether oxygens (including phenoxy) is 1. The SMILES string of the molecule is Cc1cc(C(C)c2ccc(C#N)cc2C)cc(C(C)c2ccc(C3=NCCCN3C(=O)OC(C)(C)C)cc2C)c1. The van der Waals surface area contributed by atoms with Crippen LogP contribution >= 0.6 is 0 Å². The van der Waals surface area contributed by atoms with Crippen LogP contribution in [0.3, 0.4) is 0 Å². The number of nitrogens with zero attached hydrogens (tertiary/aromatic N) is 3. The van der Waals surface area contributed by atoms with E-state index < -0.39 is 5.60 Å². The van der Waals surface area contributed by atoms with Crippen molar-refractivity contribution in [1.29, 1.82) is 5.26 Å². The number of carbonyl (C=O) groups excluding carboxylic acids is 1. The molecule has 0 aliphatic carbocycles. The van der Waals surface area contributed by atoms with Gasteiger partial charge in [0.2, 0.25) is 0 Å². The van der Waals surface area contributed by atoms with Gasteiger partial charge in [-0.25, -0.2) is 4.79 Å². The van der Waals surface area contributed by atoms with Crippen molar-refractivity contribution in [3.63, 3.8) is 0 Å². The van der Waals surface area contributed by atoms with E-state index in [1.807, 2.05) is 32.9 Å². The van der Waals surface area contributed by atoms with E-state index in [-0.39, 0.29) is 17.9 Å². The number of hydrogen-bond acceptors (Lipinski definition) is 4. The molecule has 5 heteroatoms. The van der Waals surface area contributed by atoms with Crippen molar-refractivity contribution in [2.45, 2.75) is 79.2 Å². The quantitative estimate of drug-likeness (QED) is 0.331. The second-order valence-corrected chi connectivity index (χ2v) is 12.1. The van der Waals surface area contributed by atoms with Crippen LogP contribution in [0.1, 0.15) is 103 Å². The van der Waals surface area contributed by atoms with Gasteiger partial charge in [-0.2, -0.15) is 5.26 Å². The Morgan fingerprint density at radius 1 is 0.925 bits per heavy atom. The lowest BCUT2D eigenvalue weighted by Crippen LogP contribution is -2.44. The van der Waals surface area contributed by atoms with Gasteiger partial charge in [-0.05, 0) is 99.5 Å². The third-order valence-corrected chi connectivity index (χ3v) is 7.65. The van der Waals surface area contributed by atoms with Crippen LogP contribution < -0.4 is 0 Å². The van der Waals surface area contributed by atoms with Crippen LogP contribution in [0, 0.1) is 32.1 Å². The molecule has 0 spiro atoms. The minimum Gasteiger partial charge on any atom is -0.443 e. The molecule has 0 saturated heterocycles. The van der Waals surface area contributed by atoms with Crippen LogP contribution in [0.15, 0.2) is 59.6 Å². The summed E-state index contributed by atoms with van der Waals surface area (Å²) in [7, 11) is 0. The molecule has 2 atom stereocenters. The second kappa shape index (κ2) is 11.7. The highest BCUT2D eigenvalue weighted by Crippen LogP contribution is 2.34. The molecule has 1 amide bonds. The van der Waals surface area contributed by atoms with Crippen molar-refractivity contribution in [3.8, 4) is 6.07 Å². The van der Waals surface area contributed by atoms with Crippen LogP contribution in [0.4, 0.5) is 4.79 Å². The normalized spacial score (nSPS) is 15.2. The van der Waals surface area contributed by atoms with Gasteiger partial charge in [0.1, 0.15) is 11.4 Å². The summed E-state index contributed by atoms with van der Waals surface area (Å²) in [6.07, 6.45) is 0.479. The first-order valence-corrected chi connectivity index (χ1v) is 14.2. The number of aryl methyl sites for hydroxylation is 3. The topological polar surface area (TPSA) is 65.7 Å². The molecule has 0 fully saturated rings. The molecule has 3 aromatic carbocycles. The summed E-state index contributed by atoms with van der Waals surface area (Å²) in [6.45, 7) is 17.8. The average Bonchev–Trinajstić information content (AvgIpc) is 2.91. The fourth-order valence-corrected chi connectivity index (χ4v) is 5.58. The first-order valence-electron chi connectivity index (χ1n) is 14.2. The molecule has 0 saturated carbocycles. The predicted molar refractivity (Wildman–Crippen MR) is 162 cm³/mol.